The highest BCUT2D eigenvalue weighted by molar-refractivity contribution is 7.09. The number of aromatic nitrogens is 1. The van der Waals surface area contributed by atoms with Crippen molar-refractivity contribution in [2.75, 3.05) is 13.6 Å². The van der Waals surface area contributed by atoms with E-state index in [9.17, 15) is 4.79 Å². The fourth-order valence-electron chi connectivity index (χ4n) is 3.56. The van der Waals surface area contributed by atoms with Crippen LogP contribution in [0.15, 0.2) is 96.5 Å². The fourth-order valence-corrected chi connectivity index (χ4v) is 4.28. The van der Waals surface area contributed by atoms with E-state index in [4.69, 9.17) is 0 Å². The maximum Gasteiger partial charge on any atom is 0.235 e. The number of hydrogen-bond donors (Lipinski definition) is 1. The number of likely N-dealkylation sites (N-methyl/N-ethyl adjacent to an activating group) is 1. The van der Waals surface area contributed by atoms with Crippen LogP contribution in [-0.2, 0) is 11.3 Å². The van der Waals surface area contributed by atoms with Crippen LogP contribution in [0.3, 0.4) is 0 Å². The number of hydrogen-bond acceptors (Lipinski definition) is 4. The lowest BCUT2D eigenvalue weighted by Crippen LogP contribution is -2.37. The van der Waals surface area contributed by atoms with Crippen LogP contribution in [0.5, 0.6) is 0 Å². The quantitative estimate of drug-likeness (QED) is 0.423. The van der Waals surface area contributed by atoms with Gasteiger partial charge in [0.05, 0.1) is 6.54 Å². The summed E-state index contributed by atoms with van der Waals surface area (Å²) in [4.78, 5) is 19.2. The Morgan fingerprint density at radius 2 is 1.58 bits per heavy atom. The number of amides is 1. The Morgan fingerprint density at radius 3 is 2.23 bits per heavy atom. The maximum atomic E-state index is 12.8. The largest absolute Gasteiger partial charge is 0.342 e. The summed E-state index contributed by atoms with van der Waals surface area (Å²) >= 11 is 1.55. The molecule has 1 amide bonds. The monoisotopic (exact) mass is 427 g/mol. The van der Waals surface area contributed by atoms with E-state index in [1.165, 1.54) is 16.7 Å². The van der Waals surface area contributed by atoms with Crippen LogP contribution >= 0.6 is 11.3 Å². The average Bonchev–Trinajstić information content (AvgIpc) is 3.34. The SMILES string of the molecule is CN(CC(=O)NC(c1ccccc1)c1nccs1)Cc1ccc(-c2ccccc2)cc1. The van der Waals surface area contributed by atoms with E-state index in [2.05, 4.69) is 46.7 Å². The maximum absolute atomic E-state index is 12.8. The van der Waals surface area contributed by atoms with Crippen molar-refractivity contribution in [3.8, 4) is 11.1 Å². The molecule has 0 fully saturated rings. The normalized spacial score (nSPS) is 11.9. The molecule has 0 saturated heterocycles. The van der Waals surface area contributed by atoms with E-state index in [0.717, 1.165) is 10.6 Å². The van der Waals surface area contributed by atoms with E-state index >= 15 is 0 Å². The molecular formula is C26H25N3OS. The van der Waals surface area contributed by atoms with Gasteiger partial charge in [0.25, 0.3) is 0 Å². The second-order valence-electron chi connectivity index (χ2n) is 7.52. The second-order valence-corrected chi connectivity index (χ2v) is 8.44. The van der Waals surface area contributed by atoms with Crippen molar-refractivity contribution in [3.05, 3.63) is 113 Å². The summed E-state index contributed by atoms with van der Waals surface area (Å²) < 4.78 is 0. The molecule has 1 atom stereocenters. The van der Waals surface area contributed by atoms with Crippen molar-refractivity contribution in [1.29, 1.82) is 0 Å². The van der Waals surface area contributed by atoms with Gasteiger partial charge in [0.1, 0.15) is 11.0 Å². The summed E-state index contributed by atoms with van der Waals surface area (Å²) in [6.45, 7) is 1.02. The lowest BCUT2D eigenvalue weighted by molar-refractivity contribution is -0.122. The standard InChI is InChI=1S/C26H25N3OS/c1-29(18-20-12-14-22(15-13-20)21-8-4-2-5-9-21)19-24(30)28-25(26-27-16-17-31-26)23-10-6-3-7-11-23/h2-17,25H,18-19H2,1H3,(H,28,30). The molecule has 0 bridgehead atoms. The van der Waals surface area contributed by atoms with Crippen LogP contribution in [0.4, 0.5) is 0 Å². The second kappa shape index (κ2) is 10.2. The molecule has 0 aliphatic rings. The fraction of sp³-hybridized carbons (Fsp3) is 0.154. The van der Waals surface area contributed by atoms with E-state index in [1.807, 2.05) is 65.9 Å². The molecule has 0 aliphatic carbocycles. The molecule has 4 nitrogen and oxygen atoms in total. The first-order valence-electron chi connectivity index (χ1n) is 10.3. The summed E-state index contributed by atoms with van der Waals surface area (Å²) in [6, 6.07) is 28.6. The average molecular weight is 428 g/mol. The molecular weight excluding hydrogens is 402 g/mol. The van der Waals surface area contributed by atoms with Crippen molar-refractivity contribution in [2.45, 2.75) is 12.6 Å². The summed E-state index contributed by atoms with van der Waals surface area (Å²) in [5, 5.41) is 5.97. The van der Waals surface area contributed by atoms with Crippen molar-refractivity contribution in [1.82, 2.24) is 15.2 Å². The molecule has 3 aromatic carbocycles. The minimum Gasteiger partial charge on any atom is -0.342 e. The van der Waals surface area contributed by atoms with Crippen molar-refractivity contribution < 1.29 is 4.79 Å². The number of nitrogens with zero attached hydrogens (tertiary/aromatic N) is 2. The summed E-state index contributed by atoms with van der Waals surface area (Å²) in [5.41, 5.74) is 4.61. The number of carbonyl (C=O) groups excluding carboxylic acids is 1. The highest BCUT2D eigenvalue weighted by atomic mass is 32.1. The molecule has 156 valence electrons. The Kier molecular flexibility index (Phi) is 6.87. The van der Waals surface area contributed by atoms with Gasteiger partial charge in [-0.2, -0.15) is 0 Å². The van der Waals surface area contributed by atoms with Crippen LogP contribution in [0, 0.1) is 0 Å². The predicted molar refractivity (Wildman–Crippen MR) is 127 cm³/mol. The first kappa shape index (κ1) is 21.0. The Balaban J connectivity index is 1.37. The van der Waals surface area contributed by atoms with Gasteiger partial charge in [0.15, 0.2) is 0 Å². The molecule has 1 N–H and O–H groups in total. The molecule has 4 aromatic rings. The molecule has 0 aliphatic heterocycles. The zero-order valence-corrected chi connectivity index (χ0v) is 18.3. The molecule has 0 saturated carbocycles. The minimum absolute atomic E-state index is 0.0209. The van der Waals surface area contributed by atoms with Gasteiger partial charge < -0.3 is 5.32 Å². The molecule has 1 unspecified atom stereocenters. The summed E-state index contributed by atoms with van der Waals surface area (Å²) in [7, 11) is 1.96. The summed E-state index contributed by atoms with van der Waals surface area (Å²) in [5.74, 6) is -0.0209. The lowest BCUT2D eigenvalue weighted by Gasteiger charge is -2.21. The van der Waals surface area contributed by atoms with E-state index < -0.39 is 0 Å². The van der Waals surface area contributed by atoms with E-state index in [1.54, 1.807) is 17.5 Å². The number of carbonyl (C=O) groups is 1. The van der Waals surface area contributed by atoms with Crippen LogP contribution in [0.25, 0.3) is 11.1 Å². The molecule has 0 spiro atoms. The molecule has 5 heteroatoms. The van der Waals surface area contributed by atoms with Gasteiger partial charge in [0, 0.05) is 18.1 Å². The number of thiazole rings is 1. The minimum atomic E-state index is -0.229. The van der Waals surface area contributed by atoms with E-state index in [0.29, 0.717) is 13.1 Å². The van der Waals surface area contributed by atoms with Gasteiger partial charge in [-0.25, -0.2) is 4.98 Å². The first-order valence-corrected chi connectivity index (χ1v) is 11.1. The Labute approximate surface area is 187 Å². The van der Waals surface area contributed by atoms with Gasteiger partial charge in [-0.1, -0.05) is 84.9 Å². The van der Waals surface area contributed by atoms with Gasteiger partial charge in [-0.05, 0) is 29.3 Å². The third-order valence-electron chi connectivity index (χ3n) is 5.06. The number of rotatable bonds is 8. The molecule has 31 heavy (non-hydrogen) atoms. The Bertz CT molecular complexity index is 1080. The molecule has 1 heterocycles. The van der Waals surface area contributed by atoms with Crippen molar-refractivity contribution in [3.63, 3.8) is 0 Å². The van der Waals surface area contributed by atoms with Gasteiger partial charge >= 0.3 is 0 Å². The van der Waals surface area contributed by atoms with Crippen molar-refractivity contribution in [2.24, 2.45) is 0 Å². The van der Waals surface area contributed by atoms with Gasteiger partial charge in [-0.3, -0.25) is 9.69 Å². The number of nitrogens with one attached hydrogen (secondary N) is 1. The third-order valence-corrected chi connectivity index (χ3v) is 5.90. The highest BCUT2D eigenvalue weighted by Crippen LogP contribution is 2.24. The lowest BCUT2D eigenvalue weighted by atomic mass is 10.0. The summed E-state index contributed by atoms with van der Waals surface area (Å²) in [6.07, 6.45) is 1.77. The predicted octanol–water partition coefficient (Wildman–Crippen LogP) is 5.15. The zero-order chi connectivity index (χ0) is 21.5. The van der Waals surface area contributed by atoms with Crippen LogP contribution in [-0.4, -0.2) is 29.4 Å². The van der Waals surface area contributed by atoms with Crippen LogP contribution < -0.4 is 5.32 Å². The Morgan fingerprint density at radius 1 is 0.935 bits per heavy atom. The van der Waals surface area contributed by atoms with Crippen LogP contribution in [0.2, 0.25) is 0 Å². The smallest absolute Gasteiger partial charge is 0.235 e. The topological polar surface area (TPSA) is 45.2 Å². The van der Waals surface area contributed by atoms with Crippen molar-refractivity contribution >= 4 is 17.2 Å². The highest BCUT2D eigenvalue weighted by Gasteiger charge is 2.19. The van der Waals surface area contributed by atoms with Crippen LogP contribution in [0.1, 0.15) is 22.2 Å². The third kappa shape index (κ3) is 5.66. The van der Waals surface area contributed by atoms with Gasteiger partial charge in [-0.15, -0.1) is 11.3 Å². The zero-order valence-electron chi connectivity index (χ0n) is 17.4. The first-order chi connectivity index (χ1) is 15.2. The number of benzene rings is 3. The van der Waals surface area contributed by atoms with E-state index in [-0.39, 0.29) is 11.9 Å². The molecule has 4 rings (SSSR count). The molecule has 0 radical (unpaired) electrons. The van der Waals surface area contributed by atoms with Gasteiger partial charge in [0.2, 0.25) is 5.91 Å². The Hall–Kier alpha value is -3.28. The molecule has 1 aromatic heterocycles.